The third-order valence-corrected chi connectivity index (χ3v) is 2.36. The maximum absolute atomic E-state index is 12.4. The van der Waals surface area contributed by atoms with E-state index in [0.717, 1.165) is 6.07 Å². The minimum Gasteiger partial charge on any atom is -0.462 e. The largest absolute Gasteiger partial charge is 0.462 e. The molecule has 0 aliphatic rings. The molecule has 4 nitrogen and oxygen atoms in total. The van der Waals surface area contributed by atoms with Crippen molar-refractivity contribution in [2.75, 3.05) is 12.3 Å². The minimum atomic E-state index is -2.77. The zero-order valence-electron chi connectivity index (χ0n) is 8.34. The highest BCUT2D eigenvalue weighted by Crippen LogP contribution is 2.27. The van der Waals surface area contributed by atoms with E-state index in [2.05, 4.69) is 25.7 Å². The maximum Gasteiger partial charge on any atom is 0.340 e. The predicted octanol–water partition coefficient (Wildman–Crippen LogP) is 2.54. The first-order valence-corrected chi connectivity index (χ1v) is 5.17. The summed E-state index contributed by atoms with van der Waals surface area (Å²) in [6.45, 7) is 1.75. The molecule has 1 aromatic heterocycles. The van der Waals surface area contributed by atoms with Gasteiger partial charge in [0.1, 0.15) is 10.3 Å². The molecular weight excluding hydrogens is 286 g/mol. The van der Waals surface area contributed by atoms with Gasteiger partial charge in [-0.25, -0.2) is 18.6 Å². The number of nitrogens with zero attached hydrogens (tertiary/aromatic N) is 1. The van der Waals surface area contributed by atoms with Crippen LogP contribution in [0.3, 0.4) is 0 Å². The van der Waals surface area contributed by atoms with E-state index >= 15 is 0 Å². The normalized spacial score (nSPS) is 10.6. The molecule has 0 aromatic carbocycles. The molecule has 0 aliphatic heterocycles. The number of aromatic nitrogens is 1. The number of nitrogen functional groups attached to an aromatic ring is 1. The van der Waals surface area contributed by atoms with E-state index < -0.39 is 18.1 Å². The van der Waals surface area contributed by atoms with Crippen molar-refractivity contribution in [2.45, 2.75) is 13.3 Å². The van der Waals surface area contributed by atoms with Gasteiger partial charge in [-0.3, -0.25) is 0 Å². The molecule has 0 spiro atoms. The van der Waals surface area contributed by atoms with Crippen LogP contribution < -0.4 is 5.73 Å². The van der Waals surface area contributed by atoms with Crippen LogP contribution in [0.5, 0.6) is 0 Å². The Morgan fingerprint density at radius 1 is 1.69 bits per heavy atom. The number of esters is 1. The number of hydrogen-bond donors (Lipinski definition) is 1. The summed E-state index contributed by atoms with van der Waals surface area (Å²) in [5.41, 5.74) is 4.88. The lowest BCUT2D eigenvalue weighted by atomic mass is 10.2. The number of ether oxygens (including phenoxy) is 1. The van der Waals surface area contributed by atoms with Gasteiger partial charge in [0, 0.05) is 0 Å². The highest BCUT2D eigenvalue weighted by Gasteiger charge is 2.19. The van der Waals surface area contributed by atoms with Crippen LogP contribution in [0, 0.1) is 0 Å². The third kappa shape index (κ3) is 2.66. The summed E-state index contributed by atoms with van der Waals surface area (Å²) in [5, 5.41) is 0. The third-order valence-electron chi connectivity index (χ3n) is 1.75. The summed E-state index contributed by atoms with van der Waals surface area (Å²) < 4.78 is 29.6. The number of halogens is 3. The SMILES string of the molecule is CCOC(=O)c1cc(C(F)F)nc(Br)c1N. The Balaban J connectivity index is 3.21. The number of carbonyl (C=O) groups is 1. The number of rotatable bonds is 3. The zero-order valence-corrected chi connectivity index (χ0v) is 9.92. The first kappa shape index (κ1) is 12.8. The lowest BCUT2D eigenvalue weighted by molar-refractivity contribution is 0.0527. The number of pyridine rings is 1. The first-order valence-electron chi connectivity index (χ1n) is 4.38. The van der Waals surface area contributed by atoms with E-state index in [4.69, 9.17) is 5.73 Å². The van der Waals surface area contributed by atoms with Crippen molar-refractivity contribution in [3.63, 3.8) is 0 Å². The monoisotopic (exact) mass is 294 g/mol. The van der Waals surface area contributed by atoms with Gasteiger partial charge in [-0.2, -0.15) is 0 Å². The molecule has 0 fully saturated rings. The van der Waals surface area contributed by atoms with Crippen LogP contribution in [0.2, 0.25) is 0 Å². The topological polar surface area (TPSA) is 65.2 Å². The molecule has 1 aromatic rings. The molecule has 1 rings (SSSR count). The number of nitrogens with two attached hydrogens (primary N) is 1. The van der Waals surface area contributed by atoms with Gasteiger partial charge in [0.15, 0.2) is 0 Å². The quantitative estimate of drug-likeness (QED) is 0.687. The Labute approximate surface area is 98.9 Å². The van der Waals surface area contributed by atoms with Crippen molar-refractivity contribution in [3.8, 4) is 0 Å². The number of alkyl halides is 2. The molecule has 0 atom stereocenters. The molecule has 0 radical (unpaired) electrons. The lowest BCUT2D eigenvalue weighted by Crippen LogP contribution is -2.10. The zero-order chi connectivity index (χ0) is 12.3. The second kappa shape index (κ2) is 5.20. The second-order valence-electron chi connectivity index (χ2n) is 2.82. The molecule has 7 heteroatoms. The Morgan fingerprint density at radius 2 is 2.31 bits per heavy atom. The Bertz CT molecular complexity index is 413. The van der Waals surface area contributed by atoms with Crippen LogP contribution in [0.4, 0.5) is 14.5 Å². The van der Waals surface area contributed by atoms with E-state index in [-0.39, 0.29) is 22.5 Å². The van der Waals surface area contributed by atoms with E-state index in [1.807, 2.05) is 0 Å². The van der Waals surface area contributed by atoms with Crippen molar-refractivity contribution in [1.82, 2.24) is 4.98 Å². The van der Waals surface area contributed by atoms with Gasteiger partial charge in [0.25, 0.3) is 6.43 Å². The standard InChI is InChI=1S/C9H9BrF2N2O2/c1-2-16-9(15)4-3-5(8(11)12)14-7(10)6(4)13/h3,8H,2,13H2,1H3. The van der Waals surface area contributed by atoms with Gasteiger partial charge >= 0.3 is 5.97 Å². The van der Waals surface area contributed by atoms with Gasteiger partial charge in [-0.1, -0.05) is 0 Å². The lowest BCUT2D eigenvalue weighted by Gasteiger charge is -2.08. The molecule has 0 saturated heterocycles. The van der Waals surface area contributed by atoms with E-state index in [9.17, 15) is 13.6 Å². The molecule has 88 valence electrons. The molecule has 2 N–H and O–H groups in total. The smallest absolute Gasteiger partial charge is 0.340 e. The fourth-order valence-corrected chi connectivity index (χ4v) is 1.45. The van der Waals surface area contributed by atoms with E-state index in [0.29, 0.717) is 0 Å². The number of hydrogen-bond acceptors (Lipinski definition) is 4. The summed E-state index contributed by atoms with van der Waals surface area (Å²) in [6.07, 6.45) is -2.77. The maximum atomic E-state index is 12.4. The van der Waals surface area contributed by atoms with Gasteiger partial charge in [-0.05, 0) is 28.9 Å². The van der Waals surface area contributed by atoms with Crippen LogP contribution in [0.1, 0.15) is 29.4 Å². The molecule has 16 heavy (non-hydrogen) atoms. The fourth-order valence-electron chi connectivity index (χ4n) is 1.03. The Kier molecular flexibility index (Phi) is 4.17. The summed E-state index contributed by atoms with van der Waals surface area (Å²) in [6, 6.07) is 0.933. The summed E-state index contributed by atoms with van der Waals surface area (Å²) in [5.74, 6) is -0.745. The fraction of sp³-hybridized carbons (Fsp3) is 0.333. The van der Waals surface area contributed by atoms with E-state index in [1.165, 1.54) is 0 Å². The molecule has 0 bridgehead atoms. The van der Waals surface area contributed by atoms with Gasteiger partial charge in [0.05, 0.1) is 17.9 Å². The van der Waals surface area contributed by atoms with Crippen LogP contribution in [-0.4, -0.2) is 17.6 Å². The van der Waals surface area contributed by atoms with Crippen LogP contribution in [-0.2, 0) is 4.74 Å². The average molecular weight is 295 g/mol. The van der Waals surface area contributed by atoms with Crippen LogP contribution in [0.25, 0.3) is 0 Å². The number of carbonyl (C=O) groups excluding carboxylic acids is 1. The second-order valence-corrected chi connectivity index (χ2v) is 3.57. The highest BCUT2D eigenvalue weighted by atomic mass is 79.9. The Morgan fingerprint density at radius 3 is 2.81 bits per heavy atom. The predicted molar refractivity (Wildman–Crippen MR) is 57.3 cm³/mol. The minimum absolute atomic E-state index is 0.00773. The average Bonchev–Trinajstić information content (AvgIpc) is 2.21. The summed E-state index contributed by atoms with van der Waals surface area (Å²) in [7, 11) is 0. The molecule has 0 amide bonds. The van der Waals surface area contributed by atoms with Crippen molar-refractivity contribution >= 4 is 27.6 Å². The molecule has 0 aliphatic carbocycles. The van der Waals surface area contributed by atoms with Crippen LogP contribution in [0.15, 0.2) is 10.7 Å². The molecular formula is C9H9BrF2N2O2. The Hall–Kier alpha value is -1.24. The molecule has 1 heterocycles. The highest BCUT2D eigenvalue weighted by molar-refractivity contribution is 9.10. The molecule has 0 saturated carbocycles. The van der Waals surface area contributed by atoms with Crippen LogP contribution >= 0.6 is 15.9 Å². The number of anilines is 1. The van der Waals surface area contributed by atoms with Gasteiger partial charge in [0.2, 0.25) is 0 Å². The van der Waals surface area contributed by atoms with Crippen molar-refractivity contribution in [2.24, 2.45) is 0 Å². The summed E-state index contributed by atoms with van der Waals surface area (Å²) in [4.78, 5) is 14.9. The first-order chi connectivity index (χ1) is 7.47. The van der Waals surface area contributed by atoms with Crippen molar-refractivity contribution < 1.29 is 18.3 Å². The van der Waals surface area contributed by atoms with Crippen molar-refractivity contribution in [3.05, 3.63) is 21.9 Å². The van der Waals surface area contributed by atoms with Gasteiger partial charge < -0.3 is 10.5 Å². The van der Waals surface area contributed by atoms with Crippen molar-refractivity contribution in [1.29, 1.82) is 0 Å². The molecule has 0 unspecified atom stereocenters. The van der Waals surface area contributed by atoms with E-state index in [1.54, 1.807) is 6.92 Å². The summed E-state index contributed by atoms with van der Waals surface area (Å²) >= 11 is 2.91. The van der Waals surface area contributed by atoms with Gasteiger partial charge in [-0.15, -0.1) is 0 Å².